The number of hydrogen-bond donors (Lipinski definition) is 0. The topological polar surface area (TPSA) is 43.4 Å². The Kier molecular flexibility index (Phi) is 3.29. The molecule has 1 aliphatic rings. The van der Waals surface area contributed by atoms with Crippen molar-refractivity contribution in [2.45, 2.75) is 39.5 Å². The molecular formula is C11H18O3. The third kappa shape index (κ3) is 1.56. The Morgan fingerprint density at radius 1 is 1.64 bits per heavy atom. The zero-order valence-corrected chi connectivity index (χ0v) is 9.13. The highest BCUT2D eigenvalue weighted by Crippen LogP contribution is 2.39. The number of rotatable bonds is 2. The predicted octanol–water partition coefficient (Wildman–Crippen LogP) is 1.94. The summed E-state index contributed by atoms with van der Waals surface area (Å²) in [5.41, 5.74) is -0.841. The van der Waals surface area contributed by atoms with Gasteiger partial charge in [0.15, 0.2) is 5.78 Å². The van der Waals surface area contributed by atoms with E-state index in [0.29, 0.717) is 12.8 Å². The lowest BCUT2D eigenvalue weighted by Gasteiger charge is -2.34. The number of ether oxygens (including phenoxy) is 1. The summed E-state index contributed by atoms with van der Waals surface area (Å²) < 4.78 is 4.74. The van der Waals surface area contributed by atoms with Crippen molar-refractivity contribution in [3.8, 4) is 0 Å². The number of ketones is 1. The zero-order valence-electron chi connectivity index (χ0n) is 9.13. The van der Waals surface area contributed by atoms with Crippen LogP contribution >= 0.6 is 0 Å². The Morgan fingerprint density at radius 3 is 2.79 bits per heavy atom. The molecule has 0 aromatic heterocycles. The number of carbonyl (C=O) groups is 2. The first kappa shape index (κ1) is 11.2. The molecule has 0 aromatic carbocycles. The molecule has 0 aliphatic heterocycles. The smallest absolute Gasteiger partial charge is 0.319 e. The van der Waals surface area contributed by atoms with Crippen LogP contribution in [-0.4, -0.2) is 18.9 Å². The maximum atomic E-state index is 12.0. The lowest BCUT2D eigenvalue weighted by atomic mass is 9.67. The van der Waals surface area contributed by atoms with Crippen molar-refractivity contribution >= 4 is 11.8 Å². The highest BCUT2D eigenvalue weighted by Gasteiger charge is 2.48. The summed E-state index contributed by atoms with van der Waals surface area (Å²) in [6.07, 6.45) is 3.05. The van der Waals surface area contributed by atoms with Crippen molar-refractivity contribution in [1.29, 1.82) is 0 Å². The molecule has 0 N–H and O–H groups in total. The first-order valence-electron chi connectivity index (χ1n) is 5.21. The molecule has 0 heterocycles. The fourth-order valence-corrected chi connectivity index (χ4v) is 2.33. The van der Waals surface area contributed by atoms with Crippen LogP contribution in [0.25, 0.3) is 0 Å². The Hall–Kier alpha value is -0.860. The second-order valence-corrected chi connectivity index (χ2v) is 4.08. The first-order valence-corrected chi connectivity index (χ1v) is 5.21. The Bertz CT molecular complexity index is 247. The first-order chi connectivity index (χ1) is 6.58. The molecule has 1 fully saturated rings. The molecule has 1 aliphatic carbocycles. The van der Waals surface area contributed by atoms with Gasteiger partial charge in [-0.3, -0.25) is 9.59 Å². The van der Waals surface area contributed by atoms with Gasteiger partial charge in [-0.05, 0) is 19.3 Å². The predicted molar refractivity (Wildman–Crippen MR) is 52.8 cm³/mol. The van der Waals surface area contributed by atoms with Crippen molar-refractivity contribution in [3.63, 3.8) is 0 Å². The van der Waals surface area contributed by atoms with Crippen LogP contribution in [0.4, 0.5) is 0 Å². The van der Waals surface area contributed by atoms with Crippen LogP contribution in [0.1, 0.15) is 39.5 Å². The maximum Gasteiger partial charge on any atom is 0.319 e. The fraction of sp³-hybridized carbons (Fsp3) is 0.818. The Balaban J connectivity index is 2.97. The van der Waals surface area contributed by atoms with Gasteiger partial charge in [-0.15, -0.1) is 0 Å². The quantitative estimate of drug-likeness (QED) is 0.503. The van der Waals surface area contributed by atoms with Crippen molar-refractivity contribution < 1.29 is 14.3 Å². The average molecular weight is 198 g/mol. The molecular weight excluding hydrogens is 180 g/mol. The number of esters is 1. The van der Waals surface area contributed by atoms with Gasteiger partial charge in [0.05, 0.1) is 7.11 Å². The number of hydrogen-bond acceptors (Lipinski definition) is 3. The van der Waals surface area contributed by atoms with E-state index in [4.69, 9.17) is 4.74 Å². The molecule has 14 heavy (non-hydrogen) atoms. The van der Waals surface area contributed by atoms with Gasteiger partial charge < -0.3 is 4.74 Å². The largest absolute Gasteiger partial charge is 0.468 e. The van der Waals surface area contributed by atoms with Crippen molar-refractivity contribution in [2.24, 2.45) is 11.3 Å². The molecule has 0 aromatic rings. The summed E-state index contributed by atoms with van der Waals surface area (Å²) in [6, 6.07) is 0. The summed E-state index contributed by atoms with van der Waals surface area (Å²) in [6.45, 7) is 3.78. The number of Topliss-reactive ketones (excluding diaryl/α,β-unsaturated/α-hetero) is 1. The highest BCUT2D eigenvalue weighted by molar-refractivity contribution is 6.05. The average Bonchev–Trinajstić information content (AvgIpc) is 2.21. The van der Waals surface area contributed by atoms with Crippen LogP contribution in [0.5, 0.6) is 0 Å². The van der Waals surface area contributed by atoms with E-state index in [0.717, 1.165) is 12.8 Å². The lowest BCUT2D eigenvalue weighted by molar-refractivity contribution is -0.162. The van der Waals surface area contributed by atoms with Crippen LogP contribution in [0.3, 0.4) is 0 Å². The number of methoxy groups -OCH3 is 1. The minimum absolute atomic E-state index is 0.00259. The molecule has 0 amide bonds. The van der Waals surface area contributed by atoms with Gasteiger partial charge in [-0.2, -0.15) is 0 Å². The molecule has 80 valence electrons. The normalized spacial score (nSPS) is 32.8. The summed E-state index contributed by atoms with van der Waals surface area (Å²) in [4.78, 5) is 23.6. The molecule has 1 rings (SSSR count). The molecule has 0 spiro atoms. The van der Waals surface area contributed by atoms with E-state index in [-0.39, 0.29) is 17.7 Å². The van der Waals surface area contributed by atoms with E-state index < -0.39 is 5.41 Å². The van der Waals surface area contributed by atoms with Crippen molar-refractivity contribution in [2.75, 3.05) is 7.11 Å². The molecule has 3 heteroatoms. The van der Waals surface area contributed by atoms with Crippen LogP contribution in [0, 0.1) is 11.3 Å². The molecule has 1 saturated carbocycles. The number of carbonyl (C=O) groups excluding carboxylic acids is 2. The van der Waals surface area contributed by atoms with Crippen molar-refractivity contribution in [3.05, 3.63) is 0 Å². The van der Waals surface area contributed by atoms with Gasteiger partial charge in [-0.25, -0.2) is 0 Å². The van der Waals surface area contributed by atoms with E-state index in [2.05, 4.69) is 0 Å². The minimum atomic E-state index is -0.841. The SMILES string of the molecule is CCC1(C(=O)OC)CCCC(C)C1=O. The molecule has 2 atom stereocenters. The monoisotopic (exact) mass is 198 g/mol. The van der Waals surface area contributed by atoms with Crippen LogP contribution < -0.4 is 0 Å². The maximum absolute atomic E-state index is 12.0. The summed E-state index contributed by atoms with van der Waals surface area (Å²) in [5, 5.41) is 0. The third-order valence-electron chi connectivity index (χ3n) is 3.34. The van der Waals surface area contributed by atoms with Gasteiger partial charge in [0.25, 0.3) is 0 Å². The van der Waals surface area contributed by atoms with Gasteiger partial charge in [0, 0.05) is 5.92 Å². The zero-order chi connectivity index (χ0) is 10.8. The van der Waals surface area contributed by atoms with Gasteiger partial charge >= 0.3 is 5.97 Å². The lowest BCUT2D eigenvalue weighted by Crippen LogP contribution is -2.45. The van der Waals surface area contributed by atoms with Crippen LogP contribution in [0.2, 0.25) is 0 Å². The highest BCUT2D eigenvalue weighted by atomic mass is 16.5. The molecule has 0 saturated heterocycles. The Morgan fingerprint density at radius 2 is 2.29 bits per heavy atom. The van der Waals surface area contributed by atoms with Crippen LogP contribution in [-0.2, 0) is 14.3 Å². The summed E-state index contributed by atoms with van der Waals surface area (Å²) in [5.74, 6) is -0.280. The van der Waals surface area contributed by atoms with Gasteiger partial charge in [0.1, 0.15) is 5.41 Å². The van der Waals surface area contributed by atoms with E-state index in [1.807, 2.05) is 13.8 Å². The third-order valence-corrected chi connectivity index (χ3v) is 3.34. The summed E-state index contributed by atoms with van der Waals surface area (Å²) in [7, 11) is 1.35. The van der Waals surface area contributed by atoms with Gasteiger partial charge in [0.2, 0.25) is 0 Å². The molecule has 0 bridgehead atoms. The van der Waals surface area contributed by atoms with E-state index in [9.17, 15) is 9.59 Å². The van der Waals surface area contributed by atoms with Crippen molar-refractivity contribution in [1.82, 2.24) is 0 Å². The molecule has 0 radical (unpaired) electrons. The molecule has 3 nitrogen and oxygen atoms in total. The van der Waals surface area contributed by atoms with E-state index in [1.54, 1.807) is 0 Å². The standard InChI is InChI=1S/C11H18O3/c1-4-11(10(13)14-3)7-5-6-8(2)9(11)12/h8H,4-7H2,1-3H3. The second-order valence-electron chi connectivity index (χ2n) is 4.08. The van der Waals surface area contributed by atoms with E-state index >= 15 is 0 Å². The van der Waals surface area contributed by atoms with E-state index in [1.165, 1.54) is 7.11 Å². The van der Waals surface area contributed by atoms with Gasteiger partial charge in [-0.1, -0.05) is 20.3 Å². The molecule has 2 unspecified atom stereocenters. The Labute approximate surface area is 84.8 Å². The minimum Gasteiger partial charge on any atom is -0.468 e. The fourth-order valence-electron chi connectivity index (χ4n) is 2.33. The summed E-state index contributed by atoms with van der Waals surface area (Å²) >= 11 is 0. The van der Waals surface area contributed by atoms with Crippen LogP contribution in [0.15, 0.2) is 0 Å². The second kappa shape index (κ2) is 4.11.